The van der Waals surface area contributed by atoms with E-state index in [1.54, 1.807) is 0 Å². The lowest BCUT2D eigenvalue weighted by molar-refractivity contribution is -0.112. The van der Waals surface area contributed by atoms with E-state index < -0.39 is 0 Å². The van der Waals surface area contributed by atoms with Crippen LogP contribution in [0, 0.1) is 0 Å². The zero-order valence-electron chi connectivity index (χ0n) is 8.39. The molecule has 0 spiro atoms. The third-order valence-electron chi connectivity index (χ3n) is 2.23. The minimum atomic E-state index is -0.181. The quantitative estimate of drug-likeness (QED) is 0.702. The second-order valence-corrected chi connectivity index (χ2v) is 3.26. The fourth-order valence-corrected chi connectivity index (χ4v) is 1.43. The third-order valence-corrected chi connectivity index (χ3v) is 2.23. The summed E-state index contributed by atoms with van der Waals surface area (Å²) in [6.45, 7) is 1.28. The first-order chi connectivity index (χ1) is 6.79. The van der Waals surface area contributed by atoms with Crippen LogP contribution in [0.5, 0.6) is 0 Å². The Hall–Kier alpha value is -1.19. The number of likely N-dealkylation sites (N-methyl/N-ethyl adjacent to an activating group) is 1. The van der Waals surface area contributed by atoms with Crippen LogP contribution < -0.4 is 5.73 Å². The molecule has 0 aliphatic heterocycles. The molecule has 0 fully saturated rings. The van der Waals surface area contributed by atoms with Crippen molar-refractivity contribution in [3.05, 3.63) is 35.9 Å². The number of hydrogen-bond donors (Lipinski definition) is 1. The summed E-state index contributed by atoms with van der Waals surface area (Å²) in [6, 6.07) is 9.52. The Morgan fingerprint density at radius 2 is 2.07 bits per heavy atom. The van der Waals surface area contributed by atoms with Gasteiger partial charge in [-0.05, 0) is 12.6 Å². The molecule has 0 radical (unpaired) electrons. The molecule has 1 atom stereocenters. The molecule has 0 aromatic heterocycles. The maximum Gasteiger partial charge on any atom is 0.141 e. The summed E-state index contributed by atoms with van der Waals surface area (Å²) in [6.07, 6.45) is 0.949. The summed E-state index contributed by atoms with van der Waals surface area (Å²) in [5.74, 6) is 0. The van der Waals surface area contributed by atoms with E-state index >= 15 is 0 Å². The Labute approximate surface area is 84.5 Å². The predicted octanol–water partition coefficient (Wildman–Crippen LogP) is 0.817. The van der Waals surface area contributed by atoms with Crippen LogP contribution in [-0.2, 0) is 4.79 Å². The Kier molecular flexibility index (Phi) is 4.29. The highest BCUT2D eigenvalue weighted by Gasteiger charge is 2.14. The molecule has 0 amide bonds. The SMILES string of the molecule is CN(CCN)C(C=O)c1ccccc1. The van der Waals surface area contributed by atoms with Crippen LogP contribution in [0.25, 0.3) is 0 Å². The van der Waals surface area contributed by atoms with E-state index in [9.17, 15) is 4.79 Å². The van der Waals surface area contributed by atoms with E-state index in [1.807, 2.05) is 42.3 Å². The number of nitrogens with two attached hydrogens (primary N) is 1. The van der Waals surface area contributed by atoms with Gasteiger partial charge in [-0.3, -0.25) is 4.90 Å². The number of rotatable bonds is 5. The zero-order valence-corrected chi connectivity index (χ0v) is 8.39. The average molecular weight is 192 g/mol. The van der Waals surface area contributed by atoms with Crippen LogP contribution in [0.1, 0.15) is 11.6 Å². The maximum absolute atomic E-state index is 10.9. The fourth-order valence-electron chi connectivity index (χ4n) is 1.43. The molecule has 0 bridgehead atoms. The molecule has 1 rings (SSSR count). The summed E-state index contributed by atoms with van der Waals surface area (Å²) in [5, 5.41) is 0. The van der Waals surface area contributed by atoms with Crippen molar-refractivity contribution < 1.29 is 4.79 Å². The molecule has 3 heteroatoms. The first-order valence-corrected chi connectivity index (χ1v) is 4.70. The van der Waals surface area contributed by atoms with Gasteiger partial charge < -0.3 is 10.5 Å². The topological polar surface area (TPSA) is 46.3 Å². The van der Waals surface area contributed by atoms with Crippen molar-refractivity contribution in [1.29, 1.82) is 0 Å². The van der Waals surface area contributed by atoms with Crippen LogP contribution in [0.15, 0.2) is 30.3 Å². The molecule has 1 aromatic rings. The molecule has 2 N–H and O–H groups in total. The summed E-state index contributed by atoms with van der Waals surface area (Å²) < 4.78 is 0. The molecule has 0 saturated carbocycles. The molecule has 0 aliphatic carbocycles. The van der Waals surface area contributed by atoms with Crippen molar-refractivity contribution >= 4 is 6.29 Å². The molecular formula is C11H16N2O. The Balaban J connectivity index is 2.76. The standard InChI is InChI=1S/C11H16N2O/c1-13(8-7-12)11(9-14)10-5-3-2-4-6-10/h2-6,9,11H,7-8,12H2,1H3. The highest BCUT2D eigenvalue weighted by atomic mass is 16.1. The molecule has 3 nitrogen and oxygen atoms in total. The van der Waals surface area contributed by atoms with Crippen LogP contribution in [0.3, 0.4) is 0 Å². The van der Waals surface area contributed by atoms with Gasteiger partial charge in [-0.25, -0.2) is 0 Å². The van der Waals surface area contributed by atoms with Crippen molar-refractivity contribution in [3.63, 3.8) is 0 Å². The van der Waals surface area contributed by atoms with E-state index in [-0.39, 0.29) is 6.04 Å². The molecule has 1 unspecified atom stereocenters. The van der Waals surface area contributed by atoms with Gasteiger partial charge in [0.15, 0.2) is 0 Å². The first kappa shape index (κ1) is 10.9. The molecule has 14 heavy (non-hydrogen) atoms. The summed E-state index contributed by atoms with van der Waals surface area (Å²) in [4.78, 5) is 12.9. The average Bonchev–Trinajstić information content (AvgIpc) is 2.21. The predicted molar refractivity (Wildman–Crippen MR) is 56.9 cm³/mol. The second kappa shape index (κ2) is 5.52. The van der Waals surface area contributed by atoms with Crippen LogP contribution in [-0.4, -0.2) is 31.3 Å². The van der Waals surface area contributed by atoms with E-state index in [1.165, 1.54) is 0 Å². The first-order valence-electron chi connectivity index (χ1n) is 4.70. The van der Waals surface area contributed by atoms with Gasteiger partial charge >= 0.3 is 0 Å². The normalized spacial score (nSPS) is 12.8. The number of hydrogen-bond acceptors (Lipinski definition) is 3. The maximum atomic E-state index is 10.9. The number of aldehydes is 1. The monoisotopic (exact) mass is 192 g/mol. The molecule has 0 heterocycles. The van der Waals surface area contributed by atoms with E-state index in [4.69, 9.17) is 5.73 Å². The van der Waals surface area contributed by atoms with E-state index in [2.05, 4.69) is 0 Å². The van der Waals surface area contributed by atoms with Gasteiger partial charge in [-0.15, -0.1) is 0 Å². The number of benzene rings is 1. The zero-order chi connectivity index (χ0) is 10.4. The van der Waals surface area contributed by atoms with Crippen molar-refractivity contribution in [2.45, 2.75) is 6.04 Å². The Bertz CT molecular complexity index is 274. The smallest absolute Gasteiger partial charge is 0.141 e. The van der Waals surface area contributed by atoms with Crippen molar-refractivity contribution in [2.24, 2.45) is 5.73 Å². The molecular weight excluding hydrogens is 176 g/mol. The lowest BCUT2D eigenvalue weighted by Gasteiger charge is -2.22. The summed E-state index contributed by atoms with van der Waals surface area (Å²) >= 11 is 0. The van der Waals surface area contributed by atoms with Gasteiger partial charge in [0.25, 0.3) is 0 Å². The molecule has 1 aromatic carbocycles. The molecule has 76 valence electrons. The number of carbonyl (C=O) groups is 1. The van der Waals surface area contributed by atoms with Crippen LogP contribution in [0.4, 0.5) is 0 Å². The van der Waals surface area contributed by atoms with Crippen molar-refractivity contribution in [2.75, 3.05) is 20.1 Å². The van der Waals surface area contributed by atoms with Gasteiger partial charge in [0.1, 0.15) is 6.29 Å². The third kappa shape index (κ3) is 2.65. The highest BCUT2D eigenvalue weighted by Crippen LogP contribution is 2.15. The van der Waals surface area contributed by atoms with Gasteiger partial charge in [0.05, 0.1) is 6.04 Å². The van der Waals surface area contributed by atoms with Crippen LogP contribution >= 0.6 is 0 Å². The van der Waals surface area contributed by atoms with Gasteiger partial charge in [0, 0.05) is 13.1 Å². The lowest BCUT2D eigenvalue weighted by Crippen LogP contribution is -2.30. The van der Waals surface area contributed by atoms with Gasteiger partial charge in [0.2, 0.25) is 0 Å². The second-order valence-electron chi connectivity index (χ2n) is 3.26. The Morgan fingerprint density at radius 3 is 2.57 bits per heavy atom. The Morgan fingerprint density at radius 1 is 1.43 bits per heavy atom. The fraction of sp³-hybridized carbons (Fsp3) is 0.364. The van der Waals surface area contributed by atoms with Gasteiger partial charge in [-0.2, -0.15) is 0 Å². The summed E-state index contributed by atoms with van der Waals surface area (Å²) in [7, 11) is 1.90. The minimum Gasteiger partial charge on any atom is -0.329 e. The van der Waals surface area contributed by atoms with Crippen molar-refractivity contribution in [1.82, 2.24) is 4.90 Å². The largest absolute Gasteiger partial charge is 0.329 e. The minimum absolute atomic E-state index is 0.181. The number of carbonyl (C=O) groups excluding carboxylic acids is 1. The van der Waals surface area contributed by atoms with Crippen LogP contribution in [0.2, 0.25) is 0 Å². The van der Waals surface area contributed by atoms with E-state index in [0.717, 1.165) is 18.4 Å². The highest BCUT2D eigenvalue weighted by molar-refractivity contribution is 5.61. The molecule has 0 saturated heterocycles. The number of nitrogens with zero attached hydrogens (tertiary/aromatic N) is 1. The van der Waals surface area contributed by atoms with Crippen molar-refractivity contribution in [3.8, 4) is 0 Å². The summed E-state index contributed by atoms with van der Waals surface area (Å²) in [5.41, 5.74) is 6.45. The van der Waals surface area contributed by atoms with E-state index in [0.29, 0.717) is 6.54 Å². The lowest BCUT2D eigenvalue weighted by atomic mass is 10.1. The van der Waals surface area contributed by atoms with Gasteiger partial charge in [-0.1, -0.05) is 30.3 Å². The molecule has 0 aliphatic rings.